The van der Waals surface area contributed by atoms with Crippen molar-refractivity contribution < 1.29 is 23.9 Å². The zero-order chi connectivity index (χ0) is 25.0. The van der Waals surface area contributed by atoms with E-state index in [4.69, 9.17) is 9.47 Å². The second-order valence-corrected chi connectivity index (χ2v) is 8.57. The van der Waals surface area contributed by atoms with Crippen LogP contribution in [0, 0.1) is 13.8 Å². The normalized spacial score (nSPS) is 14.7. The van der Waals surface area contributed by atoms with Crippen LogP contribution in [0.5, 0.6) is 5.75 Å². The van der Waals surface area contributed by atoms with Gasteiger partial charge in [-0.2, -0.15) is 0 Å². The Labute approximate surface area is 200 Å². The van der Waals surface area contributed by atoms with Crippen LogP contribution in [0.2, 0.25) is 0 Å². The zero-order valence-corrected chi connectivity index (χ0v) is 20.4. The van der Waals surface area contributed by atoms with Gasteiger partial charge >= 0.3 is 5.97 Å². The van der Waals surface area contributed by atoms with Crippen molar-refractivity contribution in [3.63, 3.8) is 0 Å². The molecule has 1 N–H and O–H groups in total. The van der Waals surface area contributed by atoms with Gasteiger partial charge in [0.2, 0.25) is 5.78 Å². The highest BCUT2D eigenvalue weighted by molar-refractivity contribution is 6.30. The number of esters is 1. The third kappa shape index (κ3) is 5.54. The van der Waals surface area contributed by atoms with E-state index in [9.17, 15) is 14.4 Å². The highest BCUT2D eigenvalue weighted by Crippen LogP contribution is 2.36. The number of allylic oxidation sites excluding steroid dienone is 2. The highest BCUT2D eigenvalue weighted by atomic mass is 16.5. The van der Waals surface area contributed by atoms with E-state index >= 15 is 0 Å². The number of ketones is 1. The van der Waals surface area contributed by atoms with E-state index < -0.39 is 11.8 Å². The van der Waals surface area contributed by atoms with Crippen LogP contribution in [-0.4, -0.2) is 37.4 Å². The summed E-state index contributed by atoms with van der Waals surface area (Å²) in [4.78, 5) is 39.2. The maximum absolute atomic E-state index is 13.3. The molecule has 0 aliphatic carbocycles. The molecule has 7 heteroatoms. The van der Waals surface area contributed by atoms with Gasteiger partial charge in [-0.3, -0.25) is 9.59 Å². The lowest BCUT2D eigenvalue weighted by Crippen LogP contribution is -2.34. The van der Waals surface area contributed by atoms with Crippen molar-refractivity contribution in [2.45, 2.75) is 40.7 Å². The average molecular weight is 463 g/mol. The molecule has 0 bridgehead atoms. The number of carbonyl (C=O) groups is 3. The first-order valence-electron chi connectivity index (χ1n) is 11.1. The zero-order valence-electron chi connectivity index (χ0n) is 20.4. The Hall–Kier alpha value is -3.87. The topological polar surface area (TPSA) is 84.9 Å². The summed E-state index contributed by atoms with van der Waals surface area (Å²) in [5.74, 6) is -0.717. The van der Waals surface area contributed by atoms with Crippen molar-refractivity contribution in [2.75, 3.05) is 18.6 Å². The SMILES string of the molecule is COC(=O)C1=C(C)N(c2cc(C)cc(C)c2)/C(=C\c2ccc(OCC(=O)NC(C)C)cc2)C1=O. The Morgan fingerprint density at radius 3 is 2.21 bits per heavy atom. The number of Topliss-reactive ketones (excluding diaryl/α,β-unsaturated/α-hetero) is 1. The van der Waals surface area contributed by atoms with Crippen LogP contribution in [0.4, 0.5) is 5.69 Å². The third-order valence-electron chi connectivity index (χ3n) is 5.26. The van der Waals surface area contributed by atoms with E-state index in [1.165, 1.54) is 7.11 Å². The monoisotopic (exact) mass is 462 g/mol. The van der Waals surface area contributed by atoms with Crippen molar-refractivity contribution in [1.29, 1.82) is 0 Å². The second kappa shape index (κ2) is 10.4. The predicted molar refractivity (Wildman–Crippen MR) is 131 cm³/mol. The molecule has 0 saturated heterocycles. The number of nitrogens with one attached hydrogen (secondary N) is 1. The van der Waals surface area contributed by atoms with Gasteiger partial charge in [0.1, 0.15) is 11.3 Å². The molecule has 1 heterocycles. The molecule has 2 aromatic carbocycles. The highest BCUT2D eigenvalue weighted by Gasteiger charge is 2.38. The fraction of sp³-hybridized carbons (Fsp3) is 0.296. The van der Waals surface area contributed by atoms with Gasteiger partial charge in [-0.15, -0.1) is 0 Å². The molecule has 3 rings (SSSR count). The Balaban J connectivity index is 1.93. The van der Waals surface area contributed by atoms with Crippen LogP contribution in [-0.2, 0) is 19.1 Å². The van der Waals surface area contributed by atoms with E-state index in [-0.39, 0.29) is 24.1 Å². The fourth-order valence-electron chi connectivity index (χ4n) is 3.90. The Bertz CT molecular complexity index is 1160. The van der Waals surface area contributed by atoms with Gasteiger partial charge in [0.15, 0.2) is 6.61 Å². The first kappa shape index (κ1) is 24.8. The smallest absolute Gasteiger partial charge is 0.343 e. The quantitative estimate of drug-likeness (QED) is 0.379. The summed E-state index contributed by atoms with van der Waals surface area (Å²) < 4.78 is 10.4. The van der Waals surface area contributed by atoms with Gasteiger partial charge < -0.3 is 19.7 Å². The van der Waals surface area contributed by atoms with Crippen molar-refractivity contribution in [1.82, 2.24) is 5.32 Å². The van der Waals surface area contributed by atoms with Crippen molar-refractivity contribution in [2.24, 2.45) is 0 Å². The number of carbonyl (C=O) groups excluding carboxylic acids is 3. The molecule has 0 unspecified atom stereocenters. The minimum atomic E-state index is -0.663. The van der Waals surface area contributed by atoms with Crippen LogP contribution in [0.15, 0.2) is 59.4 Å². The van der Waals surface area contributed by atoms with Gasteiger partial charge in [0.05, 0.1) is 12.8 Å². The van der Waals surface area contributed by atoms with Crippen molar-refractivity contribution >= 4 is 29.4 Å². The molecule has 7 nitrogen and oxygen atoms in total. The van der Waals surface area contributed by atoms with E-state index in [2.05, 4.69) is 5.32 Å². The fourth-order valence-corrected chi connectivity index (χ4v) is 3.90. The minimum Gasteiger partial charge on any atom is -0.484 e. The lowest BCUT2D eigenvalue weighted by atomic mass is 10.1. The summed E-state index contributed by atoms with van der Waals surface area (Å²) in [6.45, 7) is 9.39. The van der Waals surface area contributed by atoms with Crippen LogP contribution >= 0.6 is 0 Å². The first-order chi connectivity index (χ1) is 16.1. The summed E-state index contributed by atoms with van der Waals surface area (Å²) in [6, 6.07) is 13.1. The predicted octanol–water partition coefficient (Wildman–Crippen LogP) is 4.08. The summed E-state index contributed by atoms with van der Waals surface area (Å²) in [6.07, 6.45) is 1.73. The van der Waals surface area contributed by atoms with Crippen LogP contribution in [0.25, 0.3) is 6.08 Å². The molecule has 0 fully saturated rings. The molecule has 2 aromatic rings. The van der Waals surface area contributed by atoms with Gasteiger partial charge in [0, 0.05) is 17.4 Å². The number of nitrogens with zero attached hydrogens (tertiary/aromatic N) is 1. The molecule has 1 aliphatic heterocycles. The molecule has 0 atom stereocenters. The average Bonchev–Trinajstić information content (AvgIpc) is 3.01. The number of methoxy groups -OCH3 is 1. The number of anilines is 1. The van der Waals surface area contributed by atoms with Crippen LogP contribution < -0.4 is 15.0 Å². The van der Waals surface area contributed by atoms with Gasteiger partial charge in [0.25, 0.3) is 5.91 Å². The van der Waals surface area contributed by atoms with Crippen molar-refractivity contribution in [3.05, 3.63) is 76.1 Å². The first-order valence-corrected chi connectivity index (χ1v) is 11.1. The molecule has 0 aromatic heterocycles. The van der Waals surface area contributed by atoms with Gasteiger partial charge in [-0.1, -0.05) is 18.2 Å². The maximum Gasteiger partial charge on any atom is 0.343 e. The third-order valence-corrected chi connectivity index (χ3v) is 5.26. The largest absolute Gasteiger partial charge is 0.484 e. The standard InChI is InChI=1S/C27H30N2O5/c1-16(2)28-24(30)15-34-22-9-7-20(8-10-22)14-23-26(31)25(27(32)33-6)19(5)29(23)21-12-17(3)11-18(4)13-21/h7-14,16H,15H2,1-6H3,(H,28,30)/b23-14-. The lowest BCUT2D eigenvalue weighted by molar-refractivity contribution is -0.137. The van der Waals surface area contributed by atoms with Crippen LogP contribution in [0.1, 0.15) is 37.5 Å². The summed E-state index contributed by atoms with van der Waals surface area (Å²) in [5.41, 5.74) is 4.52. The summed E-state index contributed by atoms with van der Waals surface area (Å²) >= 11 is 0. The molecule has 1 amide bonds. The van der Waals surface area contributed by atoms with Crippen molar-refractivity contribution in [3.8, 4) is 5.75 Å². The van der Waals surface area contributed by atoms with E-state index in [1.54, 1.807) is 42.2 Å². The Kier molecular flexibility index (Phi) is 7.56. The number of amides is 1. The number of hydrogen-bond acceptors (Lipinski definition) is 6. The van der Waals surface area contributed by atoms with Crippen LogP contribution in [0.3, 0.4) is 0 Å². The number of aryl methyl sites for hydroxylation is 2. The summed E-state index contributed by atoms with van der Waals surface area (Å²) in [7, 11) is 1.26. The second-order valence-electron chi connectivity index (χ2n) is 8.57. The summed E-state index contributed by atoms with van der Waals surface area (Å²) in [5, 5.41) is 2.77. The van der Waals surface area contributed by atoms with E-state index in [0.29, 0.717) is 17.1 Å². The minimum absolute atomic E-state index is 0.0176. The maximum atomic E-state index is 13.3. The number of rotatable bonds is 7. The van der Waals surface area contributed by atoms with E-state index in [1.807, 2.05) is 45.9 Å². The van der Waals surface area contributed by atoms with E-state index in [0.717, 1.165) is 22.4 Å². The number of benzene rings is 2. The molecule has 0 radical (unpaired) electrons. The molecule has 34 heavy (non-hydrogen) atoms. The molecule has 178 valence electrons. The Morgan fingerprint density at radius 2 is 1.65 bits per heavy atom. The molecule has 0 saturated carbocycles. The van der Waals surface area contributed by atoms with Gasteiger partial charge in [-0.25, -0.2) is 4.79 Å². The number of hydrogen-bond donors (Lipinski definition) is 1. The lowest BCUT2D eigenvalue weighted by Gasteiger charge is -2.22. The molecular formula is C27H30N2O5. The Morgan fingerprint density at radius 1 is 1.03 bits per heavy atom. The molecule has 0 spiro atoms. The van der Waals surface area contributed by atoms with Gasteiger partial charge in [-0.05, 0) is 81.7 Å². The molecule has 1 aliphatic rings. The molecular weight excluding hydrogens is 432 g/mol. The number of ether oxygens (including phenoxy) is 2.